The van der Waals surface area contributed by atoms with Crippen LogP contribution < -0.4 is 0 Å². The van der Waals surface area contributed by atoms with Gasteiger partial charge in [-0.3, -0.25) is 4.79 Å². The Morgan fingerprint density at radius 1 is 1.16 bits per heavy atom. The van der Waals surface area contributed by atoms with E-state index in [4.69, 9.17) is 13.3 Å². The number of hydrogen-bond acceptors (Lipinski definition) is 3. The largest absolute Gasteiger partial charge is 0.481 e. The molecule has 1 heterocycles. The number of carbonyl (C=O) groups is 1. The molecule has 0 aliphatic heterocycles. The van der Waals surface area contributed by atoms with E-state index in [-0.39, 0.29) is 41.7 Å². The molecule has 2 aromatic carbocycles. The Bertz CT molecular complexity index is 1240. The molecule has 0 spiro atoms. The molecule has 0 unspecified atom stereocenters. The number of aliphatic hydroxyl groups excluding tert-OH is 2. The van der Waals surface area contributed by atoms with Crippen LogP contribution >= 0.6 is 0 Å². The van der Waals surface area contributed by atoms with E-state index in [1.807, 2.05) is 0 Å². The van der Waals surface area contributed by atoms with Gasteiger partial charge in [0.15, 0.2) is 0 Å². The van der Waals surface area contributed by atoms with Crippen LogP contribution in [-0.2, 0) is 4.79 Å². The number of para-hydroxylation sites is 1. The molecule has 159 valence electrons. The monoisotopic (exact) mass is 440 g/mol. The second kappa shape index (κ2) is 11.1. The number of nitrogens with zero attached hydrogens (tertiary/aromatic N) is 1. The Kier molecular flexibility index (Phi) is 6.28. The SMILES string of the molecule is [2H]C([2H])([2H])C(n1c(/C=C/[C@H](O)C[C@H](O)CC(=O)O)c(-c2ccc(F)cc2)c2ccccc21)C([2H])([2H])[2H].[Na]. The first-order valence-corrected chi connectivity index (χ1v) is 9.35. The fraction of sp³-hybridized carbons (Fsp3) is 0.292. The van der Waals surface area contributed by atoms with E-state index in [0.29, 0.717) is 22.0 Å². The van der Waals surface area contributed by atoms with E-state index >= 15 is 0 Å². The van der Waals surface area contributed by atoms with Gasteiger partial charge in [0.25, 0.3) is 0 Å². The van der Waals surface area contributed by atoms with E-state index in [1.165, 1.54) is 41.0 Å². The van der Waals surface area contributed by atoms with Crippen LogP contribution in [0.4, 0.5) is 4.39 Å². The van der Waals surface area contributed by atoms with E-state index in [0.717, 1.165) is 0 Å². The number of fused-ring (bicyclic) bond motifs is 1. The van der Waals surface area contributed by atoms with Gasteiger partial charge in [-0.2, -0.15) is 0 Å². The predicted molar refractivity (Wildman–Crippen MR) is 121 cm³/mol. The first-order valence-electron chi connectivity index (χ1n) is 12.3. The number of hydrogen-bond donors (Lipinski definition) is 3. The van der Waals surface area contributed by atoms with Crippen molar-refractivity contribution in [2.24, 2.45) is 0 Å². The number of aliphatic carboxylic acids is 1. The first-order chi connectivity index (χ1) is 16.7. The molecule has 1 radical (unpaired) electrons. The molecule has 3 rings (SSSR count). The maximum atomic E-state index is 13.7. The van der Waals surface area contributed by atoms with Crippen LogP contribution in [0.5, 0.6) is 0 Å². The van der Waals surface area contributed by atoms with Crippen molar-refractivity contribution >= 4 is 52.5 Å². The smallest absolute Gasteiger partial charge is 0.305 e. The zero-order valence-corrected chi connectivity index (χ0v) is 19.0. The minimum Gasteiger partial charge on any atom is -0.481 e. The third-order valence-corrected chi connectivity index (χ3v) is 4.74. The number of carboxylic acids is 1. The first kappa shape index (κ1) is 17.6. The van der Waals surface area contributed by atoms with Gasteiger partial charge in [0.05, 0.1) is 18.6 Å². The van der Waals surface area contributed by atoms with Crippen molar-refractivity contribution in [3.05, 3.63) is 66.1 Å². The summed E-state index contributed by atoms with van der Waals surface area (Å²) in [6, 6.07) is 10.0. The fourth-order valence-electron chi connectivity index (χ4n) is 3.49. The molecule has 7 heteroatoms. The number of rotatable bonds is 8. The Balaban J connectivity index is 0.00000481. The minimum absolute atomic E-state index is 0. The van der Waals surface area contributed by atoms with E-state index < -0.39 is 50.2 Å². The van der Waals surface area contributed by atoms with Crippen LogP contribution in [0.25, 0.3) is 28.1 Å². The molecule has 0 aliphatic rings. The topological polar surface area (TPSA) is 82.7 Å². The van der Waals surface area contributed by atoms with Crippen LogP contribution in [0.3, 0.4) is 0 Å². The molecule has 3 N–H and O–H groups in total. The minimum atomic E-state index is -2.94. The zero-order chi connectivity index (χ0) is 26.8. The molecular weight excluding hydrogens is 408 g/mol. The van der Waals surface area contributed by atoms with Gasteiger partial charge in [0.2, 0.25) is 0 Å². The van der Waals surface area contributed by atoms with Gasteiger partial charge in [-0.25, -0.2) is 4.39 Å². The van der Waals surface area contributed by atoms with Gasteiger partial charge in [-0.1, -0.05) is 36.4 Å². The molecule has 1 aromatic heterocycles. The summed E-state index contributed by atoms with van der Waals surface area (Å²) in [7, 11) is 0. The molecule has 0 saturated carbocycles. The fourth-order valence-corrected chi connectivity index (χ4v) is 3.49. The van der Waals surface area contributed by atoms with Crippen molar-refractivity contribution < 1.29 is 32.7 Å². The van der Waals surface area contributed by atoms with Crippen molar-refractivity contribution in [3.8, 4) is 11.1 Å². The molecule has 3 aromatic rings. The average molecular weight is 440 g/mol. The molecule has 2 atom stereocenters. The zero-order valence-electron chi connectivity index (χ0n) is 23.0. The van der Waals surface area contributed by atoms with Crippen molar-refractivity contribution in [2.75, 3.05) is 0 Å². The summed E-state index contributed by atoms with van der Waals surface area (Å²) >= 11 is 0. The molecule has 5 nitrogen and oxygen atoms in total. The Hall–Kier alpha value is -1.96. The molecule has 0 aliphatic carbocycles. The Morgan fingerprint density at radius 2 is 1.84 bits per heavy atom. The maximum absolute atomic E-state index is 13.7. The van der Waals surface area contributed by atoms with E-state index in [9.17, 15) is 19.4 Å². The van der Waals surface area contributed by atoms with Crippen molar-refractivity contribution in [3.63, 3.8) is 0 Å². The third kappa shape index (κ3) is 6.05. The molecular formula is C24H26FNNaO4. The summed E-state index contributed by atoms with van der Waals surface area (Å²) in [5.41, 5.74) is 1.38. The number of halogens is 1. The number of benzene rings is 2. The van der Waals surface area contributed by atoms with E-state index in [2.05, 4.69) is 0 Å². The van der Waals surface area contributed by atoms with Gasteiger partial charge in [0, 0.05) is 72.4 Å². The van der Waals surface area contributed by atoms with Crippen LogP contribution in [0, 0.1) is 5.82 Å². The number of aromatic nitrogens is 1. The Labute approximate surface area is 211 Å². The maximum Gasteiger partial charge on any atom is 0.305 e. The second-order valence-electron chi connectivity index (χ2n) is 6.97. The normalized spacial score (nSPS) is 17.2. The molecule has 0 saturated heterocycles. The average Bonchev–Trinajstić information content (AvgIpc) is 3.04. The number of carboxylic acid groups (broad SMARTS) is 1. The van der Waals surface area contributed by atoms with Crippen LogP contribution in [-0.4, -0.2) is 67.6 Å². The number of aliphatic hydroxyl groups is 2. The standard InChI is InChI=1S/C24H26FNO4.Na/c1-15(2)26-21-6-4-3-5-20(21)24(16-7-9-17(25)10-8-16)22(26)12-11-18(27)13-19(28)14-23(29)30;/h3-12,15,18-19,27-28H,13-14H2,1-2H3,(H,29,30);/b12-11+;/t18-,19-;/m0./s1/i1D3,2D3;. The summed E-state index contributed by atoms with van der Waals surface area (Å²) in [5, 5.41) is 29.6. The van der Waals surface area contributed by atoms with Gasteiger partial charge in [0.1, 0.15) is 5.82 Å². The van der Waals surface area contributed by atoms with Crippen molar-refractivity contribution in [2.45, 2.75) is 44.8 Å². The molecule has 0 amide bonds. The van der Waals surface area contributed by atoms with Crippen LogP contribution in [0.2, 0.25) is 0 Å². The summed E-state index contributed by atoms with van der Waals surface area (Å²) in [6.07, 6.45) is -0.948. The predicted octanol–water partition coefficient (Wildman–Crippen LogP) is 4.25. The van der Waals surface area contributed by atoms with Crippen molar-refractivity contribution in [1.82, 2.24) is 4.57 Å². The summed E-state index contributed by atoms with van der Waals surface area (Å²) in [4.78, 5) is 10.8. The van der Waals surface area contributed by atoms with Gasteiger partial charge in [-0.05, 0) is 43.5 Å². The van der Waals surface area contributed by atoms with Gasteiger partial charge >= 0.3 is 5.97 Å². The van der Waals surface area contributed by atoms with Crippen molar-refractivity contribution in [1.29, 1.82) is 0 Å². The summed E-state index contributed by atoms with van der Waals surface area (Å²) in [6.45, 7) is -5.88. The quantitative estimate of drug-likeness (QED) is 0.458. The van der Waals surface area contributed by atoms with Gasteiger partial charge < -0.3 is 19.9 Å². The summed E-state index contributed by atoms with van der Waals surface area (Å²) in [5.74, 6) is -1.74. The van der Waals surface area contributed by atoms with Gasteiger partial charge in [-0.15, -0.1) is 0 Å². The second-order valence-corrected chi connectivity index (χ2v) is 6.97. The molecule has 0 fully saturated rings. The van der Waals surface area contributed by atoms with Crippen LogP contribution in [0.1, 0.15) is 46.5 Å². The van der Waals surface area contributed by atoms with E-state index in [1.54, 1.807) is 24.3 Å². The molecule has 31 heavy (non-hydrogen) atoms. The van der Waals surface area contributed by atoms with Crippen LogP contribution in [0.15, 0.2) is 54.6 Å². The third-order valence-electron chi connectivity index (χ3n) is 4.74. The molecule has 0 bridgehead atoms. The Morgan fingerprint density at radius 3 is 2.48 bits per heavy atom. The summed E-state index contributed by atoms with van der Waals surface area (Å²) < 4.78 is 62.9.